The van der Waals surface area contributed by atoms with Gasteiger partial charge in [-0.05, 0) is 26.0 Å². The number of hydrogen-bond donors (Lipinski definition) is 0. The molecule has 0 saturated carbocycles. The molecular formula is C12H13ClN2O3S. The van der Waals surface area contributed by atoms with E-state index in [4.69, 9.17) is 16.3 Å². The minimum absolute atomic E-state index is 0.0693. The number of rotatable bonds is 4. The third-order valence-electron chi connectivity index (χ3n) is 2.52. The zero-order chi connectivity index (χ0) is 14.0. The van der Waals surface area contributed by atoms with Crippen LogP contribution in [-0.4, -0.2) is 24.0 Å². The Labute approximate surface area is 116 Å². The lowest BCUT2D eigenvalue weighted by molar-refractivity contribution is 0.331. The second-order valence-electron chi connectivity index (χ2n) is 3.80. The van der Waals surface area contributed by atoms with Gasteiger partial charge in [0.05, 0.1) is 6.61 Å². The van der Waals surface area contributed by atoms with Gasteiger partial charge in [-0.25, -0.2) is 17.4 Å². The average molecular weight is 301 g/mol. The van der Waals surface area contributed by atoms with Crippen LogP contribution in [-0.2, 0) is 10.0 Å². The monoisotopic (exact) mass is 300 g/mol. The van der Waals surface area contributed by atoms with Crippen LogP contribution in [0, 0.1) is 6.92 Å². The van der Waals surface area contributed by atoms with Crippen LogP contribution in [0.3, 0.4) is 0 Å². The summed E-state index contributed by atoms with van der Waals surface area (Å²) in [6.45, 7) is 3.75. The van der Waals surface area contributed by atoms with Gasteiger partial charge >= 0.3 is 0 Å². The lowest BCUT2D eigenvalue weighted by Crippen LogP contribution is -2.15. The molecule has 0 aliphatic carbocycles. The van der Waals surface area contributed by atoms with Gasteiger partial charge in [-0.3, -0.25) is 0 Å². The van der Waals surface area contributed by atoms with E-state index in [1.807, 2.05) is 0 Å². The van der Waals surface area contributed by atoms with E-state index in [-0.39, 0.29) is 10.6 Å². The van der Waals surface area contributed by atoms with E-state index in [2.05, 4.69) is 4.98 Å². The first kappa shape index (κ1) is 13.9. The Bertz CT molecular complexity index is 695. The molecule has 0 amide bonds. The summed E-state index contributed by atoms with van der Waals surface area (Å²) in [4.78, 5) is 3.99. The quantitative estimate of drug-likeness (QED) is 0.870. The number of halogens is 1. The normalized spacial score (nSPS) is 11.5. The summed E-state index contributed by atoms with van der Waals surface area (Å²) in [6, 6.07) is 4.44. The van der Waals surface area contributed by atoms with Gasteiger partial charge in [0.15, 0.2) is 0 Å². The molecule has 0 unspecified atom stereocenters. The van der Waals surface area contributed by atoms with Crippen LogP contribution in [0.1, 0.15) is 12.7 Å². The third kappa shape index (κ3) is 2.59. The van der Waals surface area contributed by atoms with Gasteiger partial charge in [0, 0.05) is 23.5 Å². The molecule has 0 bridgehead atoms. The predicted octanol–water partition coefficient (Wildman–Crippen LogP) is 2.48. The Morgan fingerprint density at radius 3 is 2.74 bits per heavy atom. The molecule has 0 atom stereocenters. The standard InChI is InChI=1S/C12H13ClN2O3S/c1-3-18-11-8-10(13)4-5-12(11)19(16,17)15-7-6-14-9(15)2/h4-8H,3H2,1-2H3. The highest BCUT2D eigenvalue weighted by Gasteiger charge is 2.23. The molecular weight excluding hydrogens is 288 g/mol. The number of aryl methyl sites for hydroxylation is 1. The van der Waals surface area contributed by atoms with Crippen LogP contribution in [0.25, 0.3) is 0 Å². The molecule has 0 spiro atoms. The van der Waals surface area contributed by atoms with Crippen LogP contribution in [0.4, 0.5) is 0 Å². The molecule has 0 radical (unpaired) electrons. The average Bonchev–Trinajstić information content (AvgIpc) is 2.76. The van der Waals surface area contributed by atoms with E-state index in [9.17, 15) is 8.42 Å². The van der Waals surface area contributed by atoms with Crippen molar-refractivity contribution in [2.24, 2.45) is 0 Å². The lowest BCUT2D eigenvalue weighted by atomic mass is 10.3. The highest BCUT2D eigenvalue weighted by Crippen LogP contribution is 2.29. The van der Waals surface area contributed by atoms with Gasteiger partial charge in [-0.15, -0.1) is 0 Å². The summed E-state index contributed by atoms with van der Waals surface area (Å²) in [5.41, 5.74) is 0. The Hall–Kier alpha value is -1.53. The van der Waals surface area contributed by atoms with Crippen LogP contribution in [0.2, 0.25) is 5.02 Å². The number of hydrogen-bond acceptors (Lipinski definition) is 4. The van der Waals surface area contributed by atoms with Crippen molar-refractivity contribution in [2.45, 2.75) is 18.7 Å². The van der Waals surface area contributed by atoms with Crippen molar-refractivity contribution in [3.05, 3.63) is 41.4 Å². The molecule has 7 heteroatoms. The number of imidazole rings is 1. The van der Waals surface area contributed by atoms with Gasteiger partial charge in [-0.2, -0.15) is 0 Å². The minimum atomic E-state index is -3.73. The summed E-state index contributed by atoms with van der Waals surface area (Å²) in [5, 5.41) is 0.421. The molecule has 1 aromatic heterocycles. The maximum absolute atomic E-state index is 12.5. The van der Waals surface area contributed by atoms with Crippen molar-refractivity contribution in [3.8, 4) is 5.75 Å². The summed E-state index contributed by atoms with van der Waals surface area (Å²) >= 11 is 5.86. The van der Waals surface area contributed by atoms with Gasteiger partial charge in [-0.1, -0.05) is 11.6 Å². The first-order valence-corrected chi connectivity index (χ1v) is 7.46. The highest BCUT2D eigenvalue weighted by atomic mass is 35.5. The predicted molar refractivity (Wildman–Crippen MR) is 72.2 cm³/mol. The largest absolute Gasteiger partial charge is 0.492 e. The van der Waals surface area contributed by atoms with Crippen molar-refractivity contribution in [1.29, 1.82) is 0 Å². The molecule has 0 fully saturated rings. The fourth-order valence-corrected chi connectivity index (χ4v) is 3.29. The van der Waals surface area contributed by atoms with E-state index < -0.39 is 10.0 Å². The van der Waals surface area contributed by atoms with E-state index in [1.54, 1.807) is 13.8 Å². The number of aromatic nitrogens is 2. The molecule has 2 aromatic rings. The van der Waals surface area contributed by atoms with Gasteiger partial charge in [0.25, 0.3) is 10.0 Å². The Morgan fingerprint density at radius 1 is 1.42 bits per heavy atom. The maximum atomic E-state index is 12.5. The Morgan fingerprint density at radius 2 is 2.16 bits per heavy atom. The van der Waals surface area contributed by atoms with Crippen molar-refractivity contribution in [2.75, 3.05) is 6.61 Å². The zero-order valence-corrected chi connectivity index (χ0v) is 12.1. The Kier molecular flexibility index (Phi) is 3.82. The summed E-state index contributed by atoms with van der Waals surface area (Å²) in [7, 11) is -3.73. The SMILES string of the molecule is CCOc1cc(Cl)ccc1S(=O)(=O)n1ccnc1C. The number of ether oxygens (including phenoxy) is 1. The number of benzene rings is 1. The second-order valence-corrected chi connectivity index (χ2v) is 6.02. The van der Waals surface area contributed by atoms with Crippen molar-refractivity contribution < 1.29 is 13.2 Å². The highest BCUT2D eigenvalue weighted by molar-refractivity contribution is 7.90. The maximum Gasteiger partial charge on any atom is 0.272 e. The lowest BCUT2D eigenvalue weighted by Gasteiger charge is -2.12. The van der Waals surface area contributed by atoms with Crippen LogP contribution in [0.5, 0.6) is 5.75 Å². The first-order chi connectivity index (χ1) is 8.96. The molecule has 0 aliphatic heterocycles. The number of nitrogens with zero attached hydrogens (tertiary/aromatic N) is 2. The molecule has 0 saturated heterocycles. The van der Waals surface area contributed by atoms with E-state index in [1.165, 1.54) is 30.6 Å². The minimum Gasteiger partial charge on any atom is -0.492 e. The van der Waals surface area contributed by atoms with Gasteiger partial charge < -0.3 is 4.74 Å². The topological polar surface area (TPSA) is 61.2 Å². The summed E-state index contributed by atoms with van der Waals surface area (Å²) in [5.74, 6) is 0.625. The fraction of sp³-hybridized carbons (Fsp3) is 0.250. The molecule has 0 N–H and O–H groups in total. The van der Waals surface area contributed by atoms with E-state index in [0.29, 0.717) is 17.5 Å². The molecule has 19 heavy (non-hydrogen) atoms. The van der Waals surface area contributed by atoms with Crippen molar-refractivity contribution >= 4 is 21.6 Å². The fourth-order valence-electron chi connectivity index (χ4n) is 1.69. The van der Waals surface area contributed by atoms with Gasteiger partial charge in [0.2, 0.25) is 0 Å². The molecule has 2 rings (SSSR count). The molecule has 102 valence electrons. The smallest absolute Gasteiger partial charge is 0.272 e. The zero-order valence-electron chi connectivity index (χ0n) is 10.5. The second kappa shape index (κ2) is 5.22. The van der Waals surface area contributed by atoms with Crippen LogP contribution in [0.15, 0.2) is 35.5 Å². The molecule has 5 nitrogen and oxygen atoms in total. The van der Waals surface area contributed by atoms with Crippen LogP contribution >= 0.6 is 11.6 Å². The van der Waals surface area contributed by atoms with E-state index in [0.717, 1.165) is 3.97 Å². The van der Waals surface area contributed by atoms with E-state index >= 15 is 0 Å². The molecule has 1 heterocycles. The van der Waals surface area contributed by atoms with Crippen LogP contribution < -0.4 is 4.74 Å². The first-order valence-electron chi connectivity index (χ1n) is 5.64. The van der Waals surface area contributed by atoms with Gasteiger partial charge in [0.1, 0.15) is 16.5 Å². The van der Waals surface area contributed by atoms with Crippen molar-refractivity contribution in [3.63, 3.8) is 0 Å². The summed E-state index contributed by atoms with van der Waals surface area (Å²) in [6.07, 6.45) is 2.83. The Balaban J connectivity index is 2.61. The molecule has 1 aromatic carbocycles. The summed E-state index contributed by atoms with van der Waals surface area (Å²) < 4.78 is 31.5. The van der Waals surface area contributed by atoms with Crippen molar-refractivity contribution in [1.82, 2.24) is 8.96 Å². The third-order valence-corrected chi connectivity index (χ3v) is 4.56. The molecule has 0 aliphatic rings.